The van der Waals surface area contributed by atoms with Gasteiger partial charge in [-0.25, -0.2) is 4.98 Å². The van der Waals surface area contributed by atoms with Crippen LogP contribution in [0.3, 0.4) is 0 Å². The fourth-order valence-corrected chi connectivity index (χ4v) is 2.61. The summed E-state index contributed by atoms with van der Waals surface area (Å²) < 4.78 is 1.67. The Labute approximate surface area is 145 Å². The van der Waals surface area contributed by atoms with Crippen LogP contribution in [0.15, 0.2) is 65.7 Å². The summed E-state index contributed by atoms with van der Waals surface area (Å²) in [5, 5.41) is 7.62. The van der Waals surface area contributed by atoms with Crippen LogP contribution >= 0.6 is 0 Å². The third-order valence-corrected chi connectivity index (χ3v) is 3.89. The zero-order chi connectivity index (χ0) is 17.2. The molecule has 0 bridgehead atoms. The molecular weight excluding hydrogens is 313 g/mol. The molecule has 4 rings (SSSR count). The van der Waals surface area contributed by atoms with Gasteiger partial charge in [0.05, 0.1) is 5.69 Å². The van der Waals surface area contributed by atoms with Crippen molar-refractivity contribution in [1.82, 2.24) is 19.6 Å². The molecule has 0 aliphatic carbocycles. The van der Waals surface area contributed by atoms with Gasteiger partial charge in [0.2, 0.25) is 5.56 Å². The standard InChI is InChI=1S/C18H14BN5O/c19-14-11-22-24-16(20-9-12-6-7-17(25)21-10-12)8-15(23-18(14)24)13-4-2-1-3-5-13/h1-8,10-11,20H,9H2,(H,21,25). The van der Waals surface area contributed by atoms with Crippen LogP contribution in [0.25, 0.3) is 16.9 Å². The molecule has 3 heterocycles. The van der Waals surface area contributed by atoms with Crippen molar-refractivity contribution in [3.8, 4) is 11.3 Å². The molecule has 120 valence electrons. The first-order valence-electron chi connectivity index (χ1n) is 7.82. The summed E-state index contributed by atoms with van der Waals surface area (Å²) in [6, 6.07) is 15.1. The number of rotatable bonds is 4. The number of H-pyrrole nitrogens is 1. The molecule has 0 spiro atoms. The Bertz CT molecular complexity index is 1070. The summed E-state index contributed by atoms with van der Waals surface area (Å²) in [4.78, 5) is 18.4. The number of aromatic amines is 1. The monoisotopic (exact) mass is 327 g/mol. The third kappa shape index (κ3) is 3.04. The Morgan fingerprint density at radius 1 is 1.16 bits per heavy atom. The van der Waals surface area contributed by atoms with E-state index >= 15 is 0 Å². The van der Waals surface area contributed by atoms with Gasteiger partial charge in [-0.1, -0.05) is 36.4 Å². The molecule has 2 radical (unpaired) electrons. The lowest BCUT2D eigenvalue weighted by Crippen LogP contribution is -2.10. The Morgan fingerprint density at radius 2 is 2.00 bits per heavy atom. The quantitative estimate of drug-likeness (QED) is 0.557. The van der Waals surface area contributed by atoms with Crippen molar-refractivity contribution in [3.63, 3.8) is 0 Å². The second-order valence-corrected chi connectivity index (χ2v) is 5.64. The van der Waals surface area contributed by atoms with Crippen LogP contribution in [-0.2, 0) is 6.54 Å². The number of nitrogens with zero attached hydrogens (tertiary/aromatic N) is 3. The Hall–Kier alpha value is -3.35. The van der Waals surface area contributed by atoms with Crippen LogP contribution in [0.5, 0.6) is 0 Å². The van der Waals surface area contributed by atoms with E-state index in [1.807, 2.05) is 36.4 Å². The highest BCUT2D eigenvalue weighted by atomic mass is 16.1. The predicted octanol–water partition coefficient (Wildman–Crippen LogP) is 1.49. The average molecular weight is 327 g/mol. The molecule has 6 nitrogen and oxygen atoms in total. The zero-order valence-corrected chi connectivity index (χ0v) is 13.3. The van der Waals surface area contributed by atoms with E-state index in [2.05, 4.69) is 20.4 Å². The molecule has 0 saturated heterocycles. The van der Waals surface area contributed by atoms with Crippen molar-refractivity contribution in [2.75, 3.05) is 5.32 Å². The van der Waals surface area contributed by atoms with Crippen LogP contribution in [0, 0.1) is 0 Å². The first-order valence-corrected chi connectivity index (χ1v) is 7.82. The fraction of sp³-hybridized carbons (Fsp3) is 0.0556. The largest absolute Gasteiger partial charge is 0.366 e. The first-order chi connectivity index (χ1) is 12.2. The predicted molar refractivity (Wildman–Crippen MR) is 98.2 cm³/mol. The lowest BCUT2D eigenvalue weighted by molar-refractivity contribution is 0.925. The van der Waals surface area contributed by atoms with E-state index in [4.69, 9.17) is 7.85 Å². The van der Waals surface area contributed by atoms with Crippen LogP contribution in [0.4, 0.5) is 5.82 Å². The Kier molecular flexibility index (Phi) is 3.82. The lowest BCUT2D eigenvalue weighted by atomic mass is 10.0. The van der Waals surface area contributed by atoms with Crippen molar-refractivity contribution in [2.45, 2.75) is 6.54 Å². The maximum absolute atomic E-state index is 11.2. The van der Waals surface area contributed by atoms with Gasteiger partial charge in [0.25, 0.3) is 0 Å². The van der Waals surface area contributed by atoms with Crippen molar-refractivity contribution in [1.29, 1.82) is 0 Å². The van der Waals surface area contributed by atoms with Gasteiger partial charge in [-0.05, 0) is 11.0 Å². The number of aromatic nitrogens is 4. The van der Waals surface area contributed by atoms with E-state index in [0.717, 1.165) is 22.6 Å². The normalized spacial score (nSPS) is 10.9. The number of pyridine rings is 1. The zero-order valence-electron chi connectivity index (χ0n) is 13.3. The Morgan fingerprint density at radius 3 is 2.76 bits per heavy atom. The molecule has 0 saturated carbocycles. The summed E-state index contributed by atoms with van der Waals surface area (Å²) >= 11 is 0. The topological polar surface area (TPSA) is 75.1 Å². The van der Waals surface area contributed by atoms with Gasteiger partial charge < -0.3 is 10.3 Å². The van der Waals surface area contributed by atoms with Gasteiger partial charge in [0, 0.05) is 36.6 Å². The minimum Gasteiger partial charge on any atom is -0.366 e. The van der Waals surface area contributed by atoms with Crippen molar-refractivity contribution in [3.05, 3.63) is 76.8 Å². The van der Waals surface area contributed by atoms with E-state index in [-0.39, 0.29) is 5.56 Å². The summed E-state index contributed by atoms with van der Waals surface area (Å²) in [5.74, 6) is 0.770. The van der Waals surface area contributed by atoms with Crippen molar-refractivity contribution >= 4 is 24.8 Å². The molecule has 0 unspecified atom stereocenters. The molecule has 1 aromatic carbocycles. The molecule has 3 aromatic heterocycles. The van der Waals surface area contributed by atoms with Gasteiger partial charge in [-0.2, -0.15) is 9.61 Å². The minimum absolute atomic E-state index is 0.124. The van der Waals surface area contributed by atoms with Crippen LogP contribution in [0.1, 0.15) is 5.56 Å². The van der Waals surface area contributed by atoms with E-state index in [0.29, 0.717) is 17.7 Å². The number of benzene rings is 1. The molecule has 4 aromatic rings. The van der Waals surface area contributed by atoms with Gasteiger partial charge in [0.1, 0.15) is 13.7 Å². The van der Waals surface area contributed by atoms with E-state index < -0.39 is 0 Å². The SMILES string of the molecule is [B]c1cnn2c(NCc3ccc(=O)[nH]c3)cc(-c3ccccc3)nc12. The smallest absolute Gasteiger partial charge is 0.247 e. The summed E-state index contributed by atoms with van der Waals surface area (Å²) in [6.07, 6.45) is 3.27. The third-order valence-electron chi connectivity index (χ3n) is 3.89. The first kappa shape index (κ1) is 15.2. The fourth-order valence-electron chi connectivity index (χ4n) is 2.61. The number of anilines is 1. The van der Waals surface area contributed by atoms with Gasteiger partial charge in [-0.15, -0.1) is 0 Å². The number of nitrogens with one attached hydrogen (secondary N) is 2. The second kappa shape index (κ2) is 6.28. The van der Waals surface area contributed by atoms with Crippen molar-refractivity contribution in [2.24, 2.45) is 0 Å². The number of hydrogen-bond donors (Lipinski definition) is 2. The number of fused-ring (bicyclic) bond motifs is 1. The molecule has 25 heavy (non-hydrogen) atoms. The molecule has 0 fully saturated rings. The minimum atomic E-state index is -0.124. The number of hydrogen-bond acceptors (Lipinski definition) is 4. The van der Waals surface area contributed by atoms with Gasteiger partial charge >= 0.3 is 0 Å². The van der Waals surface area contributed by atoms with Crippen molar-refractivity contribution < 1.29 is 0 Å². The highest BCUT2D eigenvalue weighted by molar-refractivity contribution is 6.36. The van der Waals surface area contributed by atoms with Crippen LogP contribution in [0.2, 0.25) is 0 Å². The molecule has 2 N–H and O–H groups in total. The van der Waals surface area contributed by atoms with E-state index in [1.165, 1.54) is 6.07 Å². The average Bonchev–Trinajstić information content (AvgIpc) is 3.03. The van der Waals surface area contributed by atoms with E-state index in [9.17, 15) is 4.79 Å². The molecular formula is C18H14BN5O. The highest BCUT2D eigenvalue weighted by Crippen LogP contribution is 2.21. The molecule has 0 aliphatic heterocycles. The highest BCUT2D eigenvalue weighted by Gasteiger charge is 2.10. The second-order valence-electron chi connectivity index (χ2n) is 5.64. The molecule has 0 amide bonds. The maximum atomic E-state index is 11.2. The Balaban J connectivity index is 1.74. The maximum Gasteiger partial charge on any atom is 0.247 e. The molecule has 0 aliphatic rings. The molecule has 0 atom stereocenters. The lowest BCUT2D eigenvalue weighted by Gasteiger charge is -2.11. The summed E-state index contributed by atoms with van der Waals surface area (Å²) in [6.45, 7) is 0.532. The van der Waals surface area contributed by atoms with E-state index in [1.54, 1.807) is 23.0 Å². The molecule has 7 heteroatoms. The summed E-state index contributed by atoms with van der Waals surface area (Å²) in [5.41, 5.74) is 3.75. The van der Waals surface area contributed by atoms with Crippen LogP contribution < -0.4 is 16.3 Å². The van der Waals surface area contributed by atoms with Gasteiger partial charge in [-0.3, -0.25) is 4.79 Å². The summed E-state index contributed by atoms with van der Waals surface area (Å²) in [7, 11) is 6.00. The van der Waals surface area contributed by atoms with Gasteiger partial charge in [0.15, 0.2) is 5.65 Å². The van der Waals surface area contributed by atoms with Crippen LogP contribution in [-0.4, -0.2) is 27.4 Å².